The monoisotopic (exact) mass is 442 g/mol. The molecule has 1 aliphatic carbocycles. The van der Waals surface area contributed by atoms with E-state index in [4.69, 9.17) is 4.98 Å². The molecule has 0 spiro atoms. The van der Waals surface area contributed by atoms with Gasteiger partial charge in [0.1, 0.15) is 29.1 Å². The zero-order valence-electron chi connectivity index (χ0n) is 17.2. The molecule has 0 radical (unpaired) electrons. The fourth-order valence-corrected chi connectivity index (χ4v) is 6.07. The predicted octanol–water partition coefficient (Wildman–Crippen LogP) is 4.02. The summed E-state index contributed by atoms with van der Waals surface area (Å²) in [6.45, 7) is 3.47. The minimum absolute atomic E-state index is 0.0161. The minimum Gasteiger partial charge on any atom is -0.355 e. The van der Waals surface area contributed by atoms with Gasteiger partial charge in [0.2, 0.25) is 0 Å². The van der Waals surface area contributed by atoms with Crippen molar-refractivity contribution in [3.05, 3.63) is 53.0 Å². The molecule has 2 saturated heterocycles. The number of halogens is 2. The van der Waals surface area contributed by atoms with Gasteiger partial charge in [-0.1, -0.05) is 6.08 Å². The van der Waals surface area contributed by atoms with Crippen LogP contribution in [0, 0.1) is 18.8 Å². The number of hydrogen-bond acceptors (Lipinski definition) is 6. The van der Waals surface area contributed by atoms with E-state index in [-0.39, 0.29) is 24.0 Å². The third-order valence-electron chi connectivity index (χ3n) is 6.62. The van der Waals surface area contributed by atoms with Crippen LogP contribution < -0.4 is 10.2 Å². The van der Waals surface area contributed by atoms with Crippen molar-refractivity contribution in [3.8, 4) is 10.6 Å². The number of thiazole rings is 1. The first-order valence-corrected chi connectivity index (χ1v) is 11.4. The number of alkyl halides is 1. The molecule has 4 heterocycles. The second-order valence-electron chi connectivity index (χ2n) is 8.41. The molecule has 5 unspecified atom stereocenters. The number of aryl methyl sites for hydroxylation is 1. The highest BCUT2D eigenvalue weighted by atomic mass is 32.1. The summed E-state index contributed by atoms with van der Waals surface area (Å²) in [5.41, 5.74) is 1.08. The van der Waals surface area contributed by atoms with E-state index in [0.29, 0.717) is 6.54 Å². The number of nitrogens with one attached hydrogen (secondary N) is 1. The number of allylic oxidation sites excluding steroid dienone is 3. The molecule has 162 valence electrons. The number of aromatic nitrogens is 2. The number of pyridine rings is 1. The molecule has 3 aliphatic rings. The molecule has 0 aromatic carbocycles. The Morgan fingerprint density at radius 2 is 2.26 bits per heavy atom. The number of aldehydes is 1. The predicted molar refractivity (Wildman–Crippen MR) is 117 cm³/mol. The molecule has 31 heavy (non-hydrogen) atoms. The Kier molecular flexibility index (Phi) is 5.44. The van der Waals surface area contributed by atoms with Crippen LogP contribution >= 0.6 is 11.3 Å². The summed E-state index contributed by atoms with van der Waals surface area (Å²) < 4.78 is 29.0. The first-order valence-electron chi connectivity index (χ1n) is 10.6. The Labute approximate surface area is 183 Å². The Morgan fingerprint density at radius 1 is 1.39 bits per heavy atom. The van der Waals surface area contributed by atoms with E-state index >= 15 is 0 Å². The molecule has 0 saturated carbocycles. The van der Waals surface area contributed by atoms with Crippen LogP contribution in [0.15, 0.2) is 48.1 Å². The van der Waals surface area contributed by atoms with E-state index in [1.54, 1.807) is 23.7 Å². The fraction of sp³-hybridized carbons (Fsp3) is 0.435. The molecule has 2 aromatic heterocycles. The topological polar surface area (TPSA) is 58.1 Å². The molecule has 5 atom stereocenters. The van der Waals surface area contributed by atoms with Crippen molar-refractivity contribution in [1.82, 2.24) is 15.3 Å². The molecule has 0 amide bonds. The van der Waals surface area contributed by atoms with Gasteiger partial charge in [0.05, 0.1) is 0 Å². The maximum absolute atomic E-state index is 14.6. The quantitative estimate of drug-likeness (QED) is 0.725. The zero-order valence-corrected chi connectivity index (χ0v) is 18.0. The van der Waals surface area contributed by atoms with Gasteiger partial charge < -0.3 is 15.0 Å². The SMILES string of the molecule is Cc1sc(-c2cccnc2)nc1N1CCC2NC(C3=C(F)C=CCC3F)C(C=O)C2C1. The van der Waals surface area contributed by atoms with Gasteiger partial charge in [0.25, 0.3) is 0 Å². The number of rotatable bonds is 4. The van der Waals surface area contributed by atoms with Crippen LogP contribution in [0.1, 0.15) is 17.7 Å². The Morgan fingerprint density at radius 3 is 3.00 bits per heavy atom. The Hall–Kier alpha value is -2.45. The molecule has 2 aliphatic heterocycles. The van der Waals surface area contributed by atoms with Crippen molar-refractivity contribution in [2.45, 2.75) is 38.0 Å². The lowest BCUT2D eigenvalue weighted by molar-refractivity contribution is -0.112. The molecular formula is C23H24F2N4OS. The second kappa shape index (κ2) is 8.24. The van der Waals surface area contributed by atoms with Crippen LogP contribution in [-0.2, 0) is 4.79 Å². The van der Waals surface area contributed by atoms with Gasteiger partial charge in [-0.2, -0.15) is 0 Å². The number of piperidine rings is 1. The summed E-state index contributed by atoms with van der Waals surface area (Å²) in [6, 6.07) is 3.35. The molecule has 0 bridgehead atoms. The summed E-state index contributed by atoms with van der Waals surface area (Å²) in [5, 5.41) is 4.30. The van der Waals surface area contributed by atoms with Crippen molar-refractivity contribution in [2.24, 2.45) is 11.8 Å². The average molecular weight is 443 g/mol. The van der Waals surface area contributed by atoms with E-state index in [1.165, 1.54) is 12.2 Å². The van der Waals surface area contributed by atoms with Crippen molar-refractivity contribution in [3.63, 3.8) is 0 Å². The highest BCUT2D eigenvalue weighted by Gasteiger charge is 2.49. The molecule has 8 heteroatoms. The number of hydrogen-bond donors (Lipinski definition) is 1. The molecule has 2 aromatic rings. The lowest BCUT2D eigenvalue weighted by Crippen LogP contribution is -2.46. The third kappa shape index (κ3) is 3.61. The summed E-state index contributed by atoms with van der Waals surface area (Å²) in [6.07, 6.45) is 6.82. The highest BCUT2D eigenvalue weighted by Crippen LogP contribution is 2.41. The molecule has 5 nitrogen and oxygen atoms in total. The Balaban J connectivity index is 1.40. The molecular weight excluding hydrogens is 418 g/mol. The van der Waals surface area contributed by atoms with Crippen LogP contribution in [-0.4, -0.2) is 47.6 Å². The fourth-order valence-electron chi connectivity index (χ4n) is 5.14. The van der Waals surface area contributed by atoms with E-state index in [2.05, 4.69) is 15.2 Å². The smallest absolute Gasteiger partial charge is 0.143 e. The van der Waals surface area contributed by atoms with Gasteiger partial charge in [0, 0.05) is 71.8 Å². The standard InChI is InChI=1S/C23H24F2N4OS/c1-13-22(28-23(31-13)14-4-3-8-26-10-14)29-9-7-19-15(11-29)16(12-30)21(27-19)20-17(24)5-2-6-18(20)25/h2-5,8,10,12,15-16,18-19,21,27H,6-7,9,11H2,1H3. The summed E-state index contributed by atoms with van der Waals surface area (Å²) in [4.78, 5) is 24.4. The first-order chi connectivity index (χ1) is 15.1. The highest BCUT2D eigenvalue weighted by molar-refractivity contribution is 7.15. The summed E-state index contributed by atoms with van der Waals surface area (Å²) in [5.74, 6) is -0.104. The van der Waals surface area contributed by atoms with Crippen molar-refractivity contribution in [2.75, 3.05) is 18.0 Å². The normalized spacial score (nSPS) is 30.5. The van der Waals surface area contributed by atoms with Gasteiger partial charge >= 0.3 is 0 Å². The van der Waals surface area contributed by atoms with Gasteiger partial charge in [-0.05, 0) is 31.6 Å². The van der Waals surface area contributed by atoms with Crippen LogP contribution in [0.5, 0.6) is 0 Å². The summed E-state index contributed by atoms with van der Waals surface area (Å²) >= 11 is 1.62. The van der Waals surface area contributed by atoms with E-state index in [9.17, 15) is 13.6 Å². The maximum atomic E-state index is 14.6. The van der Waals surface area contributed by atoms with Crippen molar-refractivity contribution < 1.29 is 13.6 Å². The molecule has 1 N–H and O–H groups in total. The number of fused-ring (bicyclic) bond motifs is 1. The molecule has 5 rings (SSSR count). The third-order valence-corrected chi connectivity index (χ3v) is 7.63. The van der Waals surface area contributed by atoms with Gasteiger partial charge in [-0.3, -0.25) is 4.98 Å². The lowest BCUT2D eigenvalue weighted by atomic mass is 9.80. The van der Waals surface area contributed by atoms with E-state index < -0.39 is 24.0 Å². The van der Waals surface area contributed by atoms with Crippen LogP contribution in [0.3, 0.4) is 0 Å². The largest absolute Gasteiger partial charge is 0.355 e. The van der Waals surface area contributed by atoms with Crippen molar-refractivity contribution in [1.29, 1.82) is 0 Å². The number of carbonyl (C=O) groups is 1. The lowest BCUT2D eigenvalue weighted by Gasteiger charge is -2.36. The van der Waals surface area contributed by atoms with Crippen LogP contribution in [0.25, 0.3) is 10.6 Å². The minimum atomic E-state index is -1.39. The first kappa shape index (κ1) is 20.5. The van der Waals surface area contributed by atoms with Gasteiger partial charge in [0.15, 0.2) is 0 Å². The molecule has 2 fully saturated rings. The van der Waals surface area contributed by atoms with Crippen molar-refractivity contribution >= 4 is 23.4 Å². The van der Waals surface area contributed by atoms with Crippen LogP contribution in [0.2, 0.25) is 0 Å². The van der Waals surface area contributed by atoms with E-state index in [0.717, 1.165) is 40.5 Å². The second-order valence-corrected chi connectivity index (χ2v) is 9.62. The van der Waals surface area contributed by atoms with Crippen LogP contribution in [0.4, 0.5) is 14.6 Å². The maximum Gasteiger partial charge on any atom is 0.143 e. The zero-order chi connectivity index (χ0) is 21.5. The van der Waals surface area contributed by atoms with Gasteiger partial charge in [-0.15, -0.1) is 11.3 Å². The number of carbonyl (C=O) groups excluding carboxylic acids is 1. The Bertz CT molecular complexity index is 1040. The number of anilines is 1. The van der Waals surface area contributed by atoms with E-state index in [1.807, 2.05) is 19.1 Å². The number of nitrogens with zero attached hydrogens (tertiary/aromatic N) is 3. The van der Waals surface area contributed by atoms with Gasteiger partial charge in [-0.25, -0.2) is 13.8 Å². The average Bonchev–Trinajstić information content (AvgIpc) is 3.34. The summed E-state index contributed by atoms with van der Waals surface area (Å²) in [7, 11) is 0.